The molecule has 57 nitrogen and oxygen atoms in total. The first kappa shape index (κ1) is 110. The molecular weight excluding hydrogens is 1800 g/mol. The molecule has 0 bridgehead atoms. The average molecular weight is 1930 g/mol. The molecule has 17 unspecified atom stereocenters. The van der Waals surface area contributed by atoms with E-state index in [9.17, 15) is 160 Å². The summed E-state index contributed by atoms with van der Waals surface area (Å²) in [5, 5.41) is 245. The lowest BCUT2D eigenvalue weighted by Gasteiger charge is -2.51. The van der Waals surface area contributed by atoms with Gasteiger partial charge >= 0.3 is 11.9 Å². The van der Waals surface area contributed by atoms with Gasteiger partial charge in [0.2, 0.25) is 65.0 Å². The topological polar surface area (TPSA) is 878 Å². The number of carboxylic acid groups (broad SMARTS) is 2. The monoisotopic (exact) mass is 1920 g/mol. The SMILES string of the molecule is CNCC(=O)NC(CO)C(=O)NC(C(=O)NC(C)C(=O)N1CCCC1C(=O)N1CCCC1C(=O)NC(C)C(N)=O)C(C)O[C@@H]1OC(CO[C@@H]2OC(CO)[C@H](O[C@@H]3OC(CO)[C@H](O)[C@H](O[C@]4(C(=O)O)C[C@H](O)[C@@H](NC(C)=O)C([C@H](O)[C@H](O)CO)O4)C3O)[C@H](O)C2NC(C)=O)[C@H](O)[C@H](O[C@@H]2OC(CO)[C@H](O)[C@H](O[C@]3(C(=O)O)C[C@H](O)[C@@H](NC(C)=O)C([C@H](O)[C@H](O)CO)O3)C2O)C1NC(C)=O. The highest BCUT2D eigenvalue weighted by Gasteiger charge is 2.64. The molecule has 39 atom stereocenters. The molecule has 133 heavy (non-hydrogen) atoms. The molecule has 0 saturated carbocycles. The number of nitrogens with two attached hydrogens (primary N) is 1. The molecule has 0 aromatic heterocycles. The van der Waals surface area contributed by atoms with Crippen molar-refractivity contribution < 1.29 is 221 Å². The standard InChI is InChI=1S/C76H124N12O45/c1-25(63(77)112)79-65(114)33-11-9-13-87(33)68(117)34-12-10-14-88(34)67(116)26(2)80-66(115)44(86-64(113)32(18-89)85-43(103)17-78-8)27(3)123-70-48(84-31(7)98)58(129-72-56(111)62(52(107)40(22-93)125-72)133-76(74(120)121)16-36(100)46(82-29(5)96)60(131-76)50(105)38(102)20-91)53(108)42(127-70)24-122-69-47(83-30(6)97)54(109)57(41(23-94)126-69)128-71-55(110)61(51(106)39(21-92)124-71)132-75(73(118)119)15-35(99)45(81-28(4)95)59(130-75)49(104)37(101)19-90/h25-27,32-42,44-62,69-72,78,89-94,99-102,104-111H,9-24H2,1-8H3,(H2,77,112)(H,79,114)(H,80,115)(H,81,95)(H,82,96)(H,83,97)(H,84,98)(H,85,103)(H,86,113)(H,118,119)(H,120,121)/t25?,26?,27?,32?,33?,34?,35-,36-,37+,38+,39?,40?,41?,42?,44?,45+,46+,47?,48?,49+,50+,51-,52-,53-,54+,55?,56?,57-,58+,59?,60?,61-,62-,69+,70+,71-,72-,75-,76-/m0/s1. The number of nitrogens with zero attached hydrogens (tertiary/aromatic N) is 2. The number of likely N-dealkylation sites (N-methyl/N-ethyl adjacent to an activating group) is 1. The van der Waals surface area contributed by atoms with Gasteiger partial charge in [0, 0.05) is 53.6 Å². The van der Waals surface area contributed by atoms with Crippen molar-refractivity contribution >= 4 is 76.9 Å². The lowest BCUT2D eigenvalue weighted by molar-refractivity contribution is -0.385. The number of aliphatic carboxylic acids is 2. The van der Waals surface area contributed by atoms with E-state index in [0.29, 0.717) is 6.42 Å². The molecule has 0 aromatic carbocycles. The van der Waals surface area contributed by atoms with E-state index in [0.717, 1.165) is 46.4 Å². The van der Waals surface area contributed by atoms with Gasteiger partial charge in [0.15, 0.2) is 25.2 Å². The van der Waals surface area contributed by atoms with Gasteiger partial charge in [0.05, 0.1) is 83.2 Å². The van der Waals surface area contributed by atoms with Crippen LogP contribution in [0.1, 0.15) is 87.0 Å². The smallest absolute Gasteiger partial charge is 0.364 e. The lowest BCUT2D eigenvalue weighted by Crippen LogP contribution is -2.71. The molecule has 0 spiro atoms. The number of carboxylic acids is 2. The summed E-state index contributed by atoms with van der Waals surface area (Å²) in [6.45, 7) is -2.09. The van der Waals surface area contributed by atoms with Crippen LogP contribution in [0, 0.1) is 0 Å². The van der Waals surface area contributed by atoms with Crippen LogP contribution in [-0.2, 0) is 119 Å². The molecule has 8 heterocycles. The third-order valence-electron chi connectivity index (χ3n) is 23.7. The number of hydrogen-bond donors (Lipinski definition) is 30. The number of rotatable bonds is 42. The Morgan fingerprint density at radius 3 is 1.38 bits per heavy atom. The van der Waals surface area contributed by atoms with Crippen molar-refractivity contribution in [3.05, 3.63) is 0 Å². The van der Waals surface area contributed by atoms with Crippen molar-refractivity contribution in [1.82, 2.24) is 57.7 Å². The van der Waals surface area contributed by atoms with Crippen LogP contribution < -0.4 is 53.6 Å². The molecule has 8 rings (SSSR count). The average Bonchev–Trinajstić information content (AvgIpc) is 1.24. The Morgan fingerprint density at radius 1 is 0.481 bits per heavy atom. The summed E-state index contributed by atoms with van der Waals surface area (Å²) < 4.78 is 72.1. The molecule has 0 aromatic rings. The molecule has 57 heteroatoms. The Morgan fingerprint density at radius 2 is 0.925 bits per heavy atom. The van der Waals surface area contributed by atoms with Crippen molar-refractivity contribution in [2.24, 2.45) is 5.73 Å². The van der Waals surface area contributed by atoms with E-state index in [2.05, 4.69) is 47.9 Å². The van der Waals surface area contributed by atoms with Gasteiger partial charge in [0.25, 0.3) is 11.6 Å². The fourth-order valence-corrected chi connectivity index (χ4v) is 16.8. The van der Waals surface area contributed by atoms with Crippen LogP contribution in [0.3, 0.4) is 0 Å². The van der Waals surface area contributed by atoms with E-state index in [1.165, 1.54) is 18.9 Å². The first-order valence-electron chi connectivity index (χ1n) is 42.6. The van der Waals surface area contributed by atoms with Gasteiger partial charge in [-0.15, -0.1) is 0 Å². The first-order valence-corrected chi connectivity index (χ1v) is 42.6. The van der Waals surface area contributed by atoms with E-state index < -0.39 is 380 Å². The number of aliphatic hydroxyl groups excluding tert-OH is 18. The second-order valence-corrected chi connectivity index (χ2v) is 33.5. The predicted octanol–water partition coefficient (Wildman–Crippen LogP) is -19.0. The first-order chi connectivity index (χ1) is 62.5. The van der Waals surface area contributed by atoms with Gasteiger partial charge in [-0.05, 0) is 53.5 Å². The van der Waals surface area contributed by atoms with Crippen molar-refractivity contribution in [2.45, 2.75) is 325 Å². The van der Waals surface area contributed by atoms with Crippen LogP contribution in [0.15, 0.2) is 0 Å². The maximum Gasteiger partial charge on any atom is 0.364 e. The number of ether oxygens (including phenoxy) is 12. The van der Waals surface area contributed by atoms with Crippen molar-refractivity contribution in [3.63, 3.8) is 0 Å². The number of aliphatic hydroxyl groups is 18. The third kappa shape index (κ3) is 26.0. The molecule has 758 valence electrons. The van der Waals surface area contributed by atoms with Crippen LogP contribution in [0.4, 0.5) is 0 Å². The number of primary amides is 1. The molecule has 8 aliphatic rings. The van der Waals surface area contributed by atoms with Gasteiger partial charge in [-0.3, -0.25) is 52.7 Å². The van der Waals surface area contributed by atoms with Gasteiger partial charge in [-0.2, -0.15) is 0 Å². The van der Waals surface area contributed by atoms with Gasteiger partial charge in [-0.25, -0.2) is 9.59 Å². The number of nitrogens with one attached hydrogen (secondary N) is 9. The third-order valence-corrected chi connectivity index (χ3v) is 23.7. The zero-order valence-electron chi connectivity index (χ0n) is 73.3. The molecular formula is C76H124N12O45. The Kier molecular flexibility index (Phi) is 40.0. The van der Waals surface area contributed by atoms with Crippen LogP contribution >= 0.6 is 0 Å². The highest BCUT2D eigenvalue weighted by molar-refractivity contribution is 5.98. The molecule has 31 N–H and O–H groups in total. The van der Waals surface area contributed by atoms with Crippen LogP contribution in [0.2, 0.25) is 0 Å². The number of carbonyl (C=O) groups is 13. The van der Waals surface area contributed by atoms with E-state index in [-0.39, 0.29) is 32.4 Å². The van der Waals surface area contributed by atoms with Gasteiger partial charge < -0.3 is 222 Å². The molecule has 0 aliphatic carbocycles. The minimum absolute atomic E-state index is 0.0473. The lowest BCUT2D eigenvalue weighted by atomic mass is 9.88. The maximum atomic E-state index is 15.2. The predicted molar refractivity (Wildman–Crippen MR) is 427 cm³/mol. The second-order valence-electron chi connectivity index (χ2n) is 33.5. The van der Waals surface area contributed by atoms with E-state index >= 15 is 4.79 Å². The van der Waals surface area contributed by atoms with Crippen molar-refractivity contribution in [1.29, 1.82) is 0 Å². The number of likely N-dealkylation sites (tertiary alicyclic amines) is 2. The summed E-state index contributed by atoms with van der Waals surface area (Å²) in [5.41, 5.74) is 5.37. The fraction of sp³-hybridized carbons (Fsp3) is 0.829. The van der Waals surface area contributed by atoms with E-state index in [1.807, 2.05) is 0 Å². The zero-order chi connectivity index (χ0) is 99.2. The summed E-state index contributed by atoms with van der Waals surface area (Å²) in [6, 6.07) is -17.1. The Bertz CT molecular complexity index is 3990. The molecule has 0 radical (unpaired) electrons. The summed E-state index contributed by atoms with van der Waals surface area (Å²) >= 11 is 0. The maximum absolute atomic E-state index is 15.2. The number of carbonyl (C=O) groups excluding carboxylic acids is 11. The molecule has 8 saturated heterocycles. The van der Waals surface area contributed by atoms with E-state index in [1.54, 1.807) is 0 Å². The van der Waals surface area contributed by atoms with E-state index in [4.69, 9.17) is 62.6 Å². The summed E-state index contributed by atoms with van der Waals surface area (Å²) in [5.74, 6) is -21.9. The Hall–Kier alpha value is -8.13. The summed E-state index contributed by atoms with van der Waals surface area (Å²) in [6.07, 6.45) is -63.9. The highest BCUT2D eigenvalue weighted by Crippen LogP contribution is 2.42. The van der Waals surface area contributed by atoms with Crippen LogP contribution in [-0.4, -0.2) is 499 Å². The van der Waals surface area contributed by atoms with Crippen LogP contribution in [0.5, 0.6) is 0 Å². The molecule has 8 fully saturated rings. The largest absolute Gasteiger partial charge is 0.477 e. The summed E-state index contributed by atoms with van der Waals surface area (Å²) in [7, 11) is 1.35. The molecule has 8 aliphatic heterocycles. The Balaban J connectivity index is 1.17. The fourth-order valence-electron chi connectivity index (χ4n) is 16.8. The normalized spacial score (nSPS) is 36.8. The molecule has 11 amide bonds. The number of amides is 11. The van der Waals surface area contributed by atoms with Crippen molar-refractivity contribution in [2.75, 3.05) is 72.9 Å². The zero-order valence-corrected chi connectivity index (χ0v) is 73.3. The highest BCUT2D eigenvalue weighted by atomic mass is 16.8. The minimum Gasteiger partial charge on any atom is -0.477 e. The minimum atomic E-state index is -3.42. The van der Waals surface area contributed by atoms with Gasteiger partial charge in [0.1, 0.15) is 170 Å². The number of hydrogen-bond acceptors (Lipinski definition) is 44. The van der Waals surface area contributed by atoms with Gasteiger partial charge in [-0.1, -0.05) is 0 Å². The summed E-state index contributed by atoms with van der Waals surface area (Å²) in [4.78, 5) is 178. The Labute approximate surface area is 756 Å². The second kappa shape index (κ2) is 48.3. The van der Waals surface area contributed by atoms with Crippen LogP contribution in [0.25, 0.3) is 0 Å². The van der Waals surface area contributed by atoms with Crippen molar-refractivity contribution in [3.8, 4) is 0 Å². The quantitative estimate of drug-likeness (QED) is 0.0270.